The first-order valence-electron chi connectivity index (χ1n) is 6.77. The highest BCUT2D eigenvalue weighted by molar-refractivity contribution is 6.13. The molecule has 0 aliphatic heterocycles. The van der Waals surface area contributed by atoms with Crippen LogP contribution in [-0.2, 0) is 20.9 Å². The van der Waals surface area contributed by atoms with Crippen LogP contribution in [0, 0.1) is 11.3 Å². The number of carbonyl (C=O) groups is 2. The molecule has 1 fully saturated rings. The number of hydrogen-bond donors (Lipinski definition) is 0. The highest BCUT2D eigenvalue weighted by Crippen LogP contribution is 2.36. The minimum absolute atomic E-state index is 0.0254. The van der Waals surface area contributed by atoms with E-state index in [-0.39, 0.29) is 24.1 Å². The van der Waals surface area contributed by atoms with Crippen molar-refractivity contribution in [2.45, 2.75) is 33.3 Å². The molecule has 102 valence electrons. The lowest BCUT2D eigenvalue weighted by Gasteiger charge is -2.21. The molecule has 1 aromatic carbocycles. The Bertz CT molecular complexity index is 466. The van der Waals surface area contributed by atoms with Gasteiger partial charge in [0.1, 0.15) is 11.2 Å². The Morgan fingerprint density at radius 1 is 1.26 bits per heavy atom. The van der Waals surface area contributed by atoms with Crippen LogP contribution in [0.5, 0.6) is 0 Å². The van der Waals surface area contributed by atoms with E-state index < -0.39 is 5.41 Å². The number of hydrogen-bond acceptors (Lipinski definition) is 3. The van der Waals surface area contributed by atoms with Gasteiger partial charge in [-0.1, -0.05) is 37.3 Å². The second kappa shape index (κ2) is 5.66. The second-order valence-electron chi connectivity index (χ2n) is 5.41. The second-order valence-corrected chi connectivity index (χ2v) is 5.41. The van der Waals surface area contributed by atoms with Gasteiger partial charge in [-0.3, -0.25) is 9.59 Å². The molecule has 0 spiro atoms. The largest absolute Gasteiger partial charge is 0.375 e. The van der Waals surface area contributed by atoms with Crippen molar-refractivity contribution in [2.75, 3.05) is 6.61 Å². The lowest BCUT2D eigenvalue weighted by atomic mass is 9.86. The topological polar surface area (TPSA) is 43.4 Å². The molecule has 0 aromatic heterocycles. The van der Waals surface area contributed by atoms with Crippen LogP contribution in [0.3, 0.4) is 0 Å². The number of rotatable bonds is 5. The zero-order valence-electron chi connectivity index (χ0n) is 11.5. The number of ether oxygens (including phenoxy) is 1. The van der Waals surface area contributed by atoms with E-state index in [2.05, 4.69) is 0 Å². The summed E-state index contributed by atoms with van der Waals surface area (Å²) in [5, 5.41) is 0. The van der Waals surface area contributed by atoms with Crippen LogP contribution in [0.1, 0.15) is 32.3 Å². The Balaban J connectivity index is 1.95. The van der Waals surface area contributed by atoms with Crippen molar-refractivity contribution in [1.82, 2.24) is 0 Å². The van der Waals surface area contributed by atoms with Crippen LogP contribution in [0.25, 0.3) is 0 Å². The van der Waals surface area contributed by atoms with Gasteiger partial charge < -0.3 is 4.74 Å². The molecule has 3 nitrogen and oxygen atoms in total. The predicted octanol–water partition coefficient (Wildman–Crippen LogP) is 2.78. The molecule has 1 aliphatic carbocycles. The van der Waals surface area contributed by atoms with Crippen LogP contribution < -0.4 is 0 Å². The highest BCUT2D eigenvalue weighted by atomic mass is 16.5. The number of Topliss-reactive ketones (excluding diaryl/α,β-unsaturated/α-hetero) is 2. The zero-order valence-corrected chi connectivity index (χ0v) is 11.5. The molecule has 19 heavy (non-hydrogen) atoms. The van der Waals surface area contributed by atoms with E-state index in [4.69, 9.17) is 4.74 Å². The molecule has 0 radical (unpaired) electrons. The monoisotopic (exact) mass is 260 g/mol. The summed E-state index contributed by atoms with van der Waals surface area (Å²) in [6.07, 6.45) is 1.11. The minimum Gasteiger partial charge on any atom is -0.375 e. The van der Waals surface area contributed by atoms with Gasteiger partial charge in [-0.05, 0) is 18.9 Å². The van der Waals surface area contributed by atoms with Crippen molar-refractivity contribution in [3.05, 3.63) is 35.9 Å². The average Bonchev–Trinajstić information content (AvgIpc) is 2.64. The van der Waals surface area contributed by atoms with Crippen LogP contribution in [-0.4, -0.2) is 18.2 Å². The molecular formula is C16H20O3. The smallest absolute Gasteiger partial charge is 0.151 e. The maximum atomic E-state index is 12.2. The third-order valence-corrected chi connectivity index (χ3v) is 3.96. The van der Waals surface area contributed by atoms with Crippen LogP contribution in [0.15, 0.2) is 30.3 Å². The van der Waals surface area contributed by atoms with Gasteiger partial charge in [-0.25, -0.2) is 0 Å². The van der Waals surface area contributed by atoms with Crippen molar-refractivity contribution < 1.29 is 14.3 Å². The summed E-state index contributed by atoms with van der Waals surface area (Å²) >= 11 is 0. The van der Waals surface area contributed by atoms with E-state index in [0.29, 0.717) is 13.0 Å². The van der Waals surface area contributed by atoms with E-state index in [9.17, 15) is 9.59 Å². The summed E-state index contributed by atoms with van der Waals surface area (Å²) in [6, 6.07) is 9.77. The molecule has 0 heterocycles. The van der Waals surface area contributed by atoms with Crippen molar-refractivity contribution in [3.63, 3.8) is 0 Å². The first kappa shape index (κ1) is 13.9. The number of ketones is 2. The van der Waals surface area contributed by atoms with Crippen LogP contribution >= 0.6 is 0 Å². The summed E-state index contributed by atoms with van der Waals surface area (Å²) in [5.74, 6) is -0.0386. The van der Waals surface area contributed by atoms with E-state index in [1.165, 1.54) is 0 Å². The minimum atomic E-state index is -0.935. The van der Waals surface area contributed by atoms with Gasteiger partial charge in [0.2, 0.25) is 0 Å². The first-order valence-corrected chi connectivity index (χ1v) is 6.77. The molecule has 1 aliphatic rings. The van der Waals surface area contributed by atoms with Crippen molar-refractivity contribution in [3.8, 4) is 0 Å². The molecule has 1 saturated carbocycles. The molecule has 1 aromatic rings. The Hall–Kier alpha value is -1.48. The van der Waals surface area contributed by atoms with Gasteiger partial charge in [0.15, 0.2) is 5.78 Å². The SMILES string of the molecule is CC[C@H]1CC(=O)[C@@](C)(COCc2ccccc2)C1=O. The fraction of sp³-hybridized carbons (Fsp3) is 0.500. The maximum Gasteiger partial charge on any atom is 0.151 e. The number of benzene rings is 1. The van der Waals surface area contributed by atoms with Gasteiger partial charge in [0, 0.05) is 12.3 Å². The van der Waals surface area contributed by atoms with Gasteiger partial charge in [-0.2, -0.15) is 0 Å². The summed E-state index contributed by atoms with van der Waals surface area (Å²) in [7, 11) is 0. The van der Waals surface area contributed by atoms with E-state index in [1.54, 1.807) is 6.92 Å². The maximum absolute atomic E-state index is 12.2. The Morgan fingerprint density at radius 2 is 1.95 bits per heavy atom. The first-order chi connectivity index (χ1) is 9.08. The van der Waals surface area contributed by atoms with Crippen LogP contribution in [0.4, 0.5) is 0 Å². The summed E-state index contributed by atoms with van der Waals surface area (Å²) in [6.45, 7) is 4.30. The molecule has 0 unspecified atom stereocenters. The molecule has 2 atom stereocenters. The Labute approximate surface area is 114 Å². The van der Waals surface area contributed by atoms with Crippen LogP contribution in [0.2, 0.25) is 0 Å². The lowest BCUT2D eigenvalue weighted by Crippen LogP contribution is -2.35. The van der Waals surface area contributed by atoms with Gasteiger partial charge >= 0.3 is 0 Å². The molecule has 3 heteroatoms. The normalized spacial score (nSPS) is 26.9. The summed E-state index contributed by atoms with van der Waals surface area (Å²) in [4.78, 5) is 24.2. The average molecular weight is 260 g/mol. The molecule has 0 N–H and O–H groups in total. The van der Waals surface area contributed by atoms with Crippen molar-refractivity contribution >= 4 is 11.6 Å². The third-order valence-electron chi connectivity index (χ3n) is 3.96. The summed E-state index contributed by atoms with van der Waals surface area (Å²) in [5.41, 5.74) is 0.117. The van der Waals surface area contributed by atoms with E-state index in [0.717, 1.165) is 12.0 Å². The Morgan fingerprint density at radius 3 is 2.53 bits per heavy atom. The molecule has 0 bridgehead atoms. The standard InChI is InChI=1S/C16H20O3/c1-3-13-9-14(17)16(2,15(13)18)11-19-10-12-7-5-4-6-8-12/h4-8,13H,3,9-11H2,1-2H3/t13-,16+/m0/s1. The predicted molar refractivity (Wildman–Crippen MR) is 72.6 cm³/mol. The highest BCUT2D eigenvalue weighted by Gasteiger charge is 2.50. The quantitative estimate of drug-likeness (QED) is 0.765. The third kappa shape index (κ3) is 2.76. The summed E-state index contributed by atoms with van der Waals surface area (Å²) < 4.78 is 5.60. The van der Waals surface area contributed by atoms with E-state index >= 15 is 0 Å². The Kier molecular flexibility index (Phi) is 4.15. The molecular weight excluding hydrogens is 240 g/mol. The van der Waals surface area contributed by atoms with Gasteiger partial charge in [0.25, 0.3) is 0 Å². The van der Waals surface area contributed by atoms with E-state index in [1.807, 2.05) is 37.3 Å². The molecule has 0 amide bonds. The fourth-order valence-electron chi connectivity index (χ4n) is 2.56. The fourth-order valence-corrected chi connectivity index (χ4v) is 2.56. The van der Waals surface area contributed by atoms with Gasteiger partial charge in [-0.15, -0.1) is 0 Å². The molecule has 2 rings (SSSR count). The zero-order chi connectivity index (χ0) is 13.9. The molecule has 0 saturated heterocycles. The lowest BCUT2D eigenvalue weighted by molar-refractivity contribution is -0.139. The van der Waals surface area contributed by atoms with Crippen molar-refractivity contribution in [2.24, 2.45) is 11.3 Å². The van der Waals surface area contributed by atoms with Crippen molar-refractivity contribution in [1.29, 1.82) is 0 Å². The number of carbonyl (C=O) groups excluding carboxylic acids is 2. The van der Waals surface area contributed by atoms with Gasteiger partial charge in [0.05, 0.1) is 13.2 Å².